The Morgan fingerprint density at radius 3 is 2.79 bits per heavy atom. The lowest BCUT2D eigenvalue weighted by atomic mass is 10.3. The largest absolute Gasteiger partial charge is 0.411 e. The maximum absolute atomic E-state index is 11.9. The molecule has 0 saturated carbocycles. The monoisotopic (exact) mass is 207 g/mol. The van der Waals surface area contributed by atoms with Crippen molar-refractivity contribution >= 4 is 5.71 Å². The summed E-state index contributed by atoms with van der Waals surface area (Å²) in [6, 6.07) is 1.35. The van der Waals surface area contributed by atoms with E-state index in [-0.39, 0.29) is 11.4 Å². The summed E-state index contributed by atoms with van der Waals surface area (Å²) in [5.41, 5.74) is 0.391. The summed E-state index contributed by atoms with van der Waals surface area (Å²) in [5, 5.41) is 14.7. The predicted octanol–water partition coefficient (Wildman–Crippen LogP) is 1.64. The van der Waals surface area contributed by atoms with E-state index in [4.69, 9.17) is 5.21 Å². The van der Waals surface area contributed by atoms with Crippen molar-refractivity contribution < 1.29 is 18.4 Å². The molecule has 4 nitrogen and oxygen atoms in total. The molecule has 0 fully saturated rings. The van der Waals surface area contributed by atoms with Crippen LogP contribution in [0, 0.1) is 0 Å². The lowest BCUT2D eigenvalue weighted by molar-refractivity contribution is -0.142. The van der Waals surface area contributed by atoms with Gasteiger partial charge in [0.1, 0.15) is 18.0 Å². The Morgan fingerprint density at radius 2 is 2.29 bits per heavy atom. The fraction of sp³-hybridized carbons (Fsp3) is 0.429. The second kappa shape index (κ2) is 3.69. The van der Waals surface area contributed by atoms with Gasteiger partial charge < -0.3 is 5.21 Å². The van der Waals surface area contributed by atoms with E-state index in [0.717, 1.165) is 4.68 Å². The van der Waals surface area contributed by atoms with Gasteiger partial charge in [0.2, 0.25) is 0 Å². The molecule has 0 aliphatic rings. The van der Waals surface area contributed by atoms with Crippen molar-refractivity contribution in [3.8, 4) is 0 Å². The van der Waals surface area contributed by atoms with Gasteiger partial charge in [-0.2, -0.15) is 18.3 Å². The third-order valence-corrected chi connectivity index (χ3v) is 1.50. The molecule has 0 bridgehead atoms. The molecule has 7 heteroatoms. The lowest BCUT2D eigenvalue weighted by Gasteiger charge is -2.05. The molecule has 0 amide bonds. The van der Waals surface area contributed by atoms with Gasteiger partial charge in [-0.05, 0) is 13.0 Å². The van der Waals surface area contributed by atoms with Crippen LogP contribution in [0.3, 0.4) is 0 Å². The van der Waals surface area contributed by atoms with Gasteiger partial charge >= 0.3 is 6.18 Å². The molecule has 0 aliphatic carbocycles. The zero-order chi connectivity index (χ0) is 10.8. The molecular formula is C7H8F3N3O. The summed E-state index contributed by atoms with van der Waals surface area (Å²) >= 11 is 0. The smallest absolute Gasteiger partial charge is 0.408 e. The minimum atomic E-state index is -4.30. The SMILES string of the molecule is CC(=NO)c1ccn(CC(F)(F)F)n1. The molecule has 0 saturated heterocycles. The molecular weight excluding hydrogens is 199 g/mol. The quantitative estimate of drug-likeness (QED) is 0.455. The summed E-state index contributed by atoms with van der Waals surface area (Å²) in [6.45, 7) is 0.298. The number of rotatable bonds is 2. The van der Waals surface area contributed by atoms with Crippen LogP contribution in [0.2, 0.25) is 0 Å². The Labute approximate surface area is 77.6 Å². The Balaban J connectivity index is 2.79. The van der Waals surface area contributed by atoms with Crippen LogP contribution in [0.25, 0.3) is 0 Å². The first kappa shape index (κ1) is 10.6. The highest BCUT2D eigenvalue weighted by Gasteiger charge is 2.28. The molecule has 0 unspecified atom stereocenters. The summed E-state index contributed by atoms with van der Waals surface area (Å²) < 4.78 is 36.4. The number of hydrogen-bond donors (Lipinski definition) is 1. The van der Waals surface area contributed by atoms with E-state index in [0.29, 0.717) is 0 Å². The number of oxime groups is 1. The summed E-state index contributed by atoms with van der Waals surface area (Å²) in [5.74, 6) is 0. The topological polar surface area (TPSA) is 50.4 Å². The molecule has 1 aromatic heterocycles. The minimum Gasteiger partial charge on any atom is -0.411 e. The molecule has 14 heavy (non-hydrogen) atoms. The number of halogens is 3. The molecule has 1 aromatic rings. The standard InChI is InChI=1S/C7H8F3N3O/c1-5(12-14)6-2-3-13(11-6)4-7(8,9)10/h2-3,14H,4H2,1H3. The van der Waals surface area contributed by atoms with Crippen molar-refractivity contribution in [2.45, 2.75) is 19.6 Å². The Bertz CT molecular complexity index is 342. The number of alkyl halides is 3. The van der Waals surface area contributed by atoms with E-state index in [1.807, 2.05) is 0 Å². The Kier molecular flexibility index (Phi) is 2.78. The zero-order valence-electron chi connectivity index (χ0n) is 7.28. The van der Waals surface area contributed by atoms with Crippen molar-refractivity contribution in [3.63, 3.8) is 0 Å². The predicted molar refractivity (Wildman–Crippen MR) is 42.3 cm³/mol. The maximum Gasteiger partial charge on any atom is 0.408 e. The van der Waals surface area contributed by atoms with E-state index in [1.54, 1.807) is 0 Å². The molecule has 1 rings (SSSR count). The summed E-state index contributed by atoms with van der Waals surface area (Å²) in [6.07, 6.45) is -3.12. The van der Waals surface area contributed by atoms with Gasteiger partial charge in [-0.25, -0.2) is 0 Å². The number of hydrogen-bond acceptors (Lipinski definition) is 3. The number of aromatic nitrogens is 2. The van der Waals surface area contributed by atoms with Crippen LogP contribution in [-0.4, -0.2) is 26.9 Å². The summed E-state index contributed by atoms with van der Waals surface area (Å²) in [4.78, 5) is 0. The minimum absolute atomic E-state index is 0.172. The van der Waals surface area contributed by atoms with Crippen LogP contribution in [0.1, 0.15) is 12.6 Å². The fourth-order valence-corrected chi connectivity index (χ4v) is 0.878. The van der Waals surface area contributed by atoms with Gasteiger partial charge in [0.05, 0.1) is 0 Å². The number of nitrogens with zero attached hydrogens (tertiary/aromatic N) is 3. The van der Waals surface area contributed by atoms with Gasteiger partial charge in [-0.15, -0.1) is 0 Å². The highest BCUT2D eigenvalue weighted by Crippen LogP contribution is 2.16. The van der Waals surface area contributed by atoms with Crippen LogP contribution in [0.5, 0.6) is 0 Å². The van der Waals surface area contributed by atoms with E-state index in [9.17, 15) is 13.2 Å². The zero-order valence-corrected chi connectivity index (χ0v) is 7.28. The second-order valence-electron chi connectivity index (χ2n) is 2.70. The average molecular weight is 207 g/mol. The van der Waals surface area contributed by atoms with Crippen LogP contribution in [0.15, 0.2) is 17.4 Å². The average Bonchev–Trinajstić information content (AvgIpc) is 2.48. The van der Waals surface area contributed by atoms with Gasteiger partial charge in [-0.3, -0.25) is 4.68 Å². The first-order chi connectivity index (χ1) is 6.42. The van der Waals surface area contributed by atoms with Crippen molar-refractivity contribution in [2.75, 3.05) is 0 Å². The van der Waals surface area contributed by atoms with E-state index < -0.39 is 12.7 Å². The maximum atomic E-state index is 11.9. The molecule has 0 aromatic carbocycles. The lowest BCUT2D eigenvalue weighted by Crippen LogP contribution is -2.18. The van der Waals surface area contributed by atoms with Gasteiger partial charge in [0.15, 0.2) is 0 Å². The van der Waals surface area contributed by atoms with E-state index in [1.165, 1.54) is 19.2 Å². The van der Waals surface area contributed by atoms with Crippen LogP contribution in [0.4, 0.5) is 13.2 Å². The van der Waals surface area contributed by atoms with Crippen molar-refractivity contribution in [2.24, 2.45) is 5.16 Å². The Hall–Kier alpha value is -1.53. The van der Waals surface area contributed by atoms with Crippen LogP contribution in [-0.2, 0) is 6.54 Å². The fourth-order valence-electron chi connectivity index (χ4n) is 0.878. The van der Waals surface area contributed by atoms with Gasteiger partial charge in [-0.1, -0.05) is 5.16 Å². The molecule has 1 N–H and O–H groups in total. The molecule has 0 aliphatic heterocycles. The summed E-state index contributed by atoms with van der Waals surface area (Å²) in [7, 11) is 0. The second-order valence-corrected chi connectivity index (χ2v) is 2.70. The van der Waals surface area contributed by atoms with E-state index in [2.05, 4.69) is 10.3 Å². The normalized spacial score (nSPS) is 13.3. The Morgan fingerprint density at radius 1 is 1.64 bits per heavy atom. The van der Waals surface area contributed by atoms with Crippen LogP contribution >= 0.6 is 0 Å². The van der Waals surface area contributed by atoms with Gasteiger partial charge in [0, 0.05) is 6.20 Å². The van der Waals surface area contributed by atoms with Crippen molar-refractivity contribution in [1.82, 2.24) is 9.78 Å². The molecule has 78 valence electrons. The molecule has 1 heterocycles. The highest BCUT2D eigenvalue weighted by molar-refractivity contribution is 5.96. The molecule has 0 atom stereocenters. The van der Waals surface area contributed by atoms with Crippen molar-refractivity contribution in [3.05, 3.63) is 18.0 Å². The first-order valence-electron chi connectivity index (χ1n) is 3.71. The van der Waals surface area contributed by atoms with Gasteiger partial charge in [0.25, 0.3) is 0 Å². The highest BCUT2D eigenvalue weighted by atomic mass is 19.4. The van der Waals surface area contributed by atoms with Crippen LogP contribution < -0.4 is 0 Å². The third-order valence-electron chi connectivity index (χ3n) is 1.50. The first-order valence-corrected chi connectivity index (χ1v) is 3.71. The van der Waals surface area contributed by atoms with Crippen molar-refractivity contribution in [1.29, 1.82) is 0 Å². The van der Waals surface area contributed by atoms with E-state index >= 15 is 0 Å². The molecule has 0 radical (unpaired) electrons. The third kappa shape index (κ3) is 2.75. The molecule has 0 spiro atoms.